The minimum absolute atomic E-state index is 0.0353. The van der Waals surface area contributed by atoms with Crippen molar-refractivity contribution in [2.24, 2.45) is 5.92 Å². The molecule has 7 heteroatoms. The summed E-state index contributed by atoms with van der Waals surface area (Å²) in [5, 5.41) is 11.4. The van der Waals surface area contributed by atoms with E-state index in [0.29, 0.717) is 12.3 Å². The van der Waals surface area contributed by atoms with E-state index in [1.807, 2.05) is 19.9 Å². The first-order valence-electron chi connectivity index (χ1n) is 9.34. The molecule has 146 valence electrons. The molecule has 0 aromatic heterocycles. The van der Waals surface area contributed by atoms with Gasteiger partial charge in [-0.05, 0) is 49.0 Å². The molecule has 1 heterocycles. The molecule has 1 saturated carbocycles. The lowest BCUT2D eigenvalue weighted by atomic mass is 9.94. The smallest absolute Gasteiger partial charge is 0.311 e. The summed E-state index contributed by atoms with van der Waals surface area (Å²) in [5.41, 5.74) is 3.10. The van der Waals surface area contributed by atoms with Crippen LogP contribution in [0.3, 0.4) is 0 Å². The van der Waals surface area contributed by atoms with E-state index in [1.54, 1.807) is 6.07 Å². The van der Waals surface area contributed by atoms with E-state index in [0.717, 1.165) is 43.5 Å². The summed E-state index contributed by atoms with van der Waals surface area (Å²) < 4.78 is 10.6. The van der Waals surface area contributed by atoms with Gasteiger partial charge >= 0.3 is 11.7 Å². The second-order valence-electron chi connectivity index (χ2n) is 7.37. The lowest BCUT2D eigenvalue weighted by molar-refractivity contribution is -0.386. The number of ether oxygens (including phenoxy) is 2. The standard InChI is InChI=1S/C20H26N2O5/c1-13-10-18(22(24)25)19(27-16-4-5-16)11-17(13)15-6-8-21(9-7-15)12-14(2)20(23)26-3/h6,10-11,14,16H,4-5,7-9,12H2,1-3H3. The quantitative estimate of drug-likeness (QED) is 0.414. The third-order valence-corrected chi connectivity index (χ3v) is 5.10. The normalized spacial score (nSPS) is 18.6. The molecule has 1 aromatic carbocycles. The zero-order valence-corrected chi connectivity index (χ0v) is 16.1. The van der Waals surface area contributed by atoms with Gasteiger partial charge in [0.15, 0.2) is 5.75 Å². The first-order valence-corrected chi connectivity index (χ1v) is 9.34. The first-order chi connectivity index (χ1) is 12.9. The molecule has 0 radical (unpaired) electrons. The summed E-state index contributed by atoms with van der Waals surface area (Å²) in [5.74, 6) is 0.00760. The van der Waals surface area contributed by atoms with Gasteiger partial charge in [0.2, 0.25) is 0 Å². The second kappa shape index (κ2) is 8.08. The van der Waals surface area contributed by atoms with Crippen molar-refractivity contribution in [2.45, 2.75) is 39.2 Å². The highest BCUT2D eigenvalue weighted by Gasteiger charge is 2.29. The summed E-state index contributed by atoms with van der Waals surface area (Å²) in [6.45, 7) is 6.00. The fourth-order valence-corrected chi connectivity index (χ4v) is 3.41. The number of esters is 1. The van der Waals surface area contributed by atoms with Gasteiger partial charge in [-0.25, -0.2) is 0 Å². The number of hydrogen-bond acceptors (Lipinski definition) is 6. The van der Waals surface area contributed by atoms with Gasteiger partial charge < -0.3 is 9.47 Å². The van der Waals surface area contributed by atoms with Gasteiger partial charge in [-0.1, -0.05) is 13.0 Å². The molecule has 0 spiro atoms. The van der Waals surface area contributed by atoms with Crippen LogP contribution in [-0.4, -0.2) is 48.6 Å². The molecule has 1 fully saturated rings. The minimum atomic E-state index is -0.375. The molecule has 7 nitrogen and oxygen atoms in total. The Labute approximate surface area is 159 Å². The Hall–Kier alpha value is -2.41. The van der Waals surface area contributed by atoms with Crippen LogP contribution >= 0.6 is 0 Å². The highest BCUT2D eigenvalue weighted by molar-refractivity contribution is 5.73. The third kappa shape index (κ3) is 4.66. The van der Waals surface area contributed by atoms with Crippen LogP contribution in [0.2, 0.25) is 0 Å². The molecular formula is C20H26N2O5. The van der Waals surface area contributed by atoms with Crippen molar-refractivity contribution in [1.29, 1.82) is 0 Å². The van der Waals surface area contributed by atoms with Crippen molar-refractivity contribution in [3.63, 3.8) is 0 Å². The molecule has 0 N–H and O–H groups in total. The zero-order chi connectivity index (χ0) is 19.6. The molecule has 2 aliphatic rings. The average molecular weight is 374 g/mol. The van der Waals surface area contributed by atoms with Crippen LogP contribution in [0, 0.1) is 23.0 Å². The number of carbonyl (C=O) groups is 1. The van der Waals surface area contributed by atoms with E-state index in [2.05, 4.69) is 11.0 Å². The van der Waals surface area contributed by atoms with Crippen molar-refractivity contribution in [1.82, 2.24) is 4.90 Å². The van der Waals surface area contributed by atoms with Crippen LogP contribution in [-0.2, 0) is 9.53 Å². The van der Waals surface area contributed by atoms with Gasteiger partial charge in [0.1, 0.15) is 0 Å². The van der Waals surface area contributed by atoms with E-state index in [-0.39, 0.29) is 28.6 Å². The van der Waals surface area contributed by atoms with Gasteiger partial charge in [0.05, 0.1) is 24.1 Å². The highest BCUT2D eigenvalue weighted by atomic mass is 16.6. The molecule has 1 unspecified atom stereocenters. The van der Waals surface area contributed by atoms with E-state index in [4.69, 9.17) is 9.47 Å². The number of carbonyl (C=O) groups excluding carboxylic acids is 1. The van der Waals surface area contributed by atoms with Gasteiger partial charge in [0.25, 0.3) is 0 Å². The molecule has 27 heavy (non-hydrogen) atoms. The topological polar surface area (TPSA) is 81.9 Å². The molecule has 0 saturated heterocycles. The number of nitro groups is 1. The fraction of sp³-hybridized carbons (Fsp3) is 0.550. The lowest BCUT2D eigenvalue weighted by Gasteiger charge is -2.28. The van der Waals surface area contributed by atoms with Gasteiger partial charge in [-0.2, -0.15) is 0 Å². The van der Waals surface area contributed by atoms with Crippen LogP contribution in [0.15, 0.2) is 18.2 Å². The van der Waals surface area contributed by atoms with Crippen LogP contribution in [0.4, 0.5) is 5.69 Å². The Kier molecular flexibility index (Phi) is 5.79. The van der Waals surface area contributed by atoms with Gasteiger partial charge in [-0.15, -0.1) is 0 Å². The molecule has 1 aromatic rings. The van der Waals surface area contributed by atoms with E-state index < -0.39 is 0 Å². The van der Waals surface area contributed by atoms with Crippen molar-refractivity contribution in [3.8, 4) is 5.75 Å². The van der Waals surface area contributed by atoms with Crippen molar-refractivity contribution in [2.75, 3.05) is 26.7 Å². The number of benzene rings is 1. The Morgan fingerprint density at radius 2 is 2.15 bits per heavy atom. The first kappa shape index (κ1) is 19.4. The predicted molar refractivity (Wildman–Crippen MR) is 102 cm³/mol. The van der Waals surface area contributed by atoms with E-state index in [9.17, 15) is 14.9 Å². The lowest BCUT2D eigenvalue weighted by Crippen LogP contribution is -2.35. The Morgan fingerprint density at radius 3 is 2.70 bits per heavy atom. The number of aryl methyl sites for hydroxylation is 1. The molecule has 1 atom stereocenters. The van der Waals surface area contributed by atoms with Gasteiger partial charge in [0, 0.05) is 25.7 Å². The largest absolute Gasteiger partial charge is 0.483 e. The van der Waals surface area contributed by atoms with Crippen molar-refractivity contribution >= 4 is 17.2 Å². The zero-order valence-electron chi connectivity index (χ0n) is 16.1. The molecule has 1 aliphatic carbocycles. The summed E-state index contributed by atoms with van der Waals surface area (Å²) in [7, 11) is 1.41. The highest BCUT2D eigenvalue weighted by Crippen LogP contribution is 2.38. The molecular weight excluding hydrogens is 348 g/mol. The number of hydrogen-bond donors (Lipinski definition) is 0. The summed E-state index contributed by atoms with van der Waals surface area (Å²) in [4.78, 5) is 24.8. The predicted octanol–water partition coefficient (Wildman–Crippen LogP) is 3.34. The number of nitrogens with zero attached hydrogens (tertiary/aromatic N) is 2. The molecule has 0 amide bonds. The Morgan fingerprint density at radius 1 is 1.41 bits per heavy atom. The number of nitro benzene ring substituents is 1. The summed E-state index contributed by atoms with van der Waals surface area (Å²) >= 11 is 0. The second-order valence-corrected chi connectivity index (χ2v) is 7.37. The molecule has 1 aliphatic heterocycles. The molecule has 0 bridgehead atoms. The summed E-state index contributed by atoms with van der Waals surface area (Å²) in [6, 6.07) is 3.43. The SMILES string of the molecule is COC(=O)C(C)CN1CC=C(c2cc(OC3CC3)c([N+](=O)[O-])cc2C)CC1. The number of rotatable bonds is 7. The molecule has 3 rings (SSSR count). The van der Waals surface area contributed by atoms with Crippen LogP contribution in [0.25, 0.3) is 5.57 Å². The van der Waals surface area contributed by atoms with Crippen LogP contribution in [0.5, 0.6) is 5.75 Å². The monoisotopic (exact) mass is 374 g/mol. The van der Waals surface area contributed by atoms with Crippen molar-refractivity contribution in [3.05, 3.63) is 39.4 Å². The van der Waals surface area contributed by atoms with Crippen LogP contribution < -0.4 is 4.74 Å². The van der Waals surface area contributed by atoms with Crippen LogP contribution in [0.1, 0.15) is 37.3 Å². The Bertz CT molecular complexity index is 770. The number of methoxy groups -OCH3 is 1. The maximum Gasteiger partial charge on any atom is 0.311 e. The third-order valence-electron chi connectivity index (χ3n) is 5.10. The summed E-state index contributed by atoms with van der Waals surface area (Å²) in [6.07, 6.45) is 4.99. The van der Waals surface area contributed by atoms with E-state index in [1.165, 1.54) is 12.7 Å². The van der Waals surface area contributed by atoms with E-state index >= 15 is 0 Å². The maximum atomic E-state index is 11.6. The van der Waals surface area contributed by atoms with Crippen molar-refractivity contribution < 1.29 is 19.2 Å². The average Bonchev–Trinajstić information content (AvgIpc) is 3.46. The van der Waals surface area contributed by atoms with Gasteiger partial charge in [-0.3, -0.25) is 19.8 Å². The minimum Gasteiger partial charge on any atom is -0.483 e. The fourth-order valence-electron chi connectivity index (χ4n) is 3.41. The maximum absolute atomic E-state index is 11.6. The Balaban J connectivity index is 1.76.